The molecule has 152 valence electrons. The maximum absolute atomic E-state index is 12.8. The molecular weight excluding hydrogens is 450 g/mol. The van der Waals surface area contributed by atoms with Crippen molar-refractivity contribution in [3.63, 3.8) is 0 Å². The topological polar surface area (TPSA) is 64.0 Å². The van der Waals surface area contributed by atoms with E-state index in [1.54, 1.807) is 10.6 Å². The minimum absolute atomic E-state index is 0.0914. The van der Waals surface area contributed by atoms with E-state index in [0.29, 0.717) is 22.6 Å². The zero-order chi connectivity index (χ0) is 21.0. The van der Waals surface area contributed by atoms with E-state index in [1.807, 2.05) is 37.3 Å². The number of nitrogens with one attached hydrogen (secondary N) is 1. The van der Waals surface area contributed by atoms with Gasteiger partial charge in [0.2, 0.25) is 5.91 Å². The number of amides is 1. The van der Waals surface area contributed by atoms with Crippen LogP contribution < -0.4 is 10.9 Å². The van der Waals surface area contributed by atoms with Gasteiger partial charge in [-0.05, 0) is 49.1 Å². The highest BCUT2D eigenvalue weighted by Crippen LogP contribution is 2.24. The lowest BCUT2D eigenvalue weighted by Gasteiger charge is -2.15. The van der Waals surface area contributed by atoms with Gasteiger partial charge in [0.05, 0.1) is 16.7 Å². The van der Waals surface area contributed by atoms with Gasteiger partial charge in [-0.15, -0.1) is 0 Å². The molecule has 0 aliphatic rings. The molecule has 0 fully saturated rings. The van der Waals surface area contributed by atoms with Crippen LogP contribution in [0, 0.1) is 0 Å². The molecule has 3 rings (SSSR count). The van der Waals surface area contributed by atoms with Crippen molar-refractivity contribution >= 4 is 50.2 Å². The summed E-state index contributed by atoms with van der Waals surface area (Å²) in [6.07, 6.45) is 1.71. The number of hydrogen-bond donors (Lipinski definition) is 1. The maximum Gasteiger partial charge on any atom is 0.262 e. The predicted octanol–water partition coefficient (Wildman–Crippen LogP) is 5.03. The molecule has 5 nitrogen and oxygen atoms in total. The summed E-state index contributed by atoms with van der Waals surface area (Å²) in [6.45, 7) is 6.56. The first-order chi connectivity index (χ1) is 14.0. The van der Waals surface area contributed by atoms with E-state index in [1.165, 1.54) is 11.8 Å². The molecule has 0 radical (unpaired) electrons. The Bertz CT molecular complexity index is 1090. The summed E-state index contributed by atoms with van der Waals surface area (Å²) in [5.41, 5.74) is 3.71. The predicted molar refractivity (Wildman–Crippen MR) is 124 cm³/mol. The molecule has 3 aromatic rings. The van der Waals surface area contributed by atoms with Crippen LogP contribution in [0.3, 0.4) is 0 Å². The number of thioether (sulfide) groups is 1. The summed E-state index contributed by atoms with van der Waals surface area (Å²) >= 11 is 4.69. The molecule has 2 aromatic carbocycles. The van der Waals surface area contributed by atoms with Crippen molar-refractivity contribution < 1.29 is 4.79 Å². The minimum atomic E-state index is -0.0987. The van der Waals surface area contributed by atoms with Crippen molar-refractivity contribution in [1.82, 2.24) is 9.55 Å². The fraction of sp³-hybridized carbons (Fsp3) is 0.318. The molecule has 0 atom stereocenters. The number of fused-ring (bicyclic) bond motifs is 1. The highest BCUT2D eigenvalue weighted by atomic mass is 79.9. The van der Waals surface area contributed by atoms with Crippen LogP contribution >= 0.6 is 27.7 Å². The van der Waals surface area contributed by atoms with Crippen molar-refractivity contribution in [3.05, 3.63) is 62.4 Å². The Morgan fingerprint density at radius 3 is 2.45 bits per heavy atom. The summed E-state index contributed by atoms with van der Waals surface area (Å²) in [5.74, 6) is 0.0915. The number of nitrogens with zero attached hydrogens (tertiary/aromatic N) is 2. The number of rotatable bonds is 7. The Kier molecular flexibility index (Phi) is 7.14. The molecule has 0 saturated heterocycles. The Hall–Kier alpha value is -2.12. The summed E-state index contributed by atoms with van der Waals surface area (Å²) in [6, 6.07) is 11.6. The zero-order valence-corrected chi connectivity index (χ0v) is 19.2. The molecule has 1 amide bonds. The smallest absolute Gasteiger partial charge is 0.262 e. The monoisotopic (exact) mass is 473 g/mol. The molecule has 29 heavy (non-hydrogen) atoms. The van der Waals surface area contributed by atoms with E-state index >= 15 is 0 Å². The first-order valence-corrected chi connectivity index (χ1v) is 11.5. The Balaban J connectivity index is 1.83. The van der Waals surface area contributed by atoms with E-state index in [-0.39, 0.29) is 17.2 Å². The quantitative estimate of drug-likeness (QED) is 0.385. The standard InChI is InChI=1S/C22H24BrN3O2S/c1-4-14-8-7-9-15(5-2)20(14)25-19(27)13-29-22-24-18-11-10-16(23)12-17(18)21(28)26(22)6-3/h7-12H,4-6,13H2,1-3H3,(H,25,27). The molecule has 0 bridgehead atoms. The fourth-order valence-corrected chi connectivity index (χ4v) is 4.49. The Morgan fingerprint density at radius 1 is 1.14 bits per heavy atom. The van der Waals surface area contributed by atoms with Crippen molar-refractivity contribution in [1.29, 1.82) is 0 Å². The third kappa shape index (κ3) is 4.73. The van der Waals surface area contributed by atoms with Gasteiger partial charge in [0.15, 0.2) is 5.16 Å². The molecule has 0 aliphatic heterocycles. The second kappa shape index (κ2) is 9.59. The van der Waals surface area contributed by atoms with Gasteiger partial charge in [0.25, 0.3) is 5.56 Å². The average Bonchev–Trinajstić information content (AvgIpc) is 2.73. The maximum atomic E-state index is 12.8. The van der Waals surface area contributed by atoms with Gasteiger partial charge in [0.1, 0.15) is 0 Å². The third-order valence-corrected chi connectivity index (χ3v) is 6.26. The van der Waals surface area contributed by atoms with Crippen LogP contribution in [0.15, 0.2) is 50.8 Å². The summed E-state index contributed by atoms with van der Waals surface area (Å²) in [7, 11) is 0. The van der Waals surface area contributed by atoms with E-state index in [4.69, 9.17) is 0 Å². The van der Waals surface area contributed by atoms with E-state index < -0.39 is 0 Å². The van der Waals surface area contributed by atoms with Gasteiger partial charge >= 0.3 is 0 Å². The van der Waals surface area contributed by atoms with Crippen LogP contribution in [-0.2, 0) is 24.2 Å². The molecule has 1 aromatic heterocycles. The first-order valence-electron chi connectivity index (χ1n) is 9.71. The number of para-hydroxylation sites is 1. The van der Waals surface area contributed by atoms with Crippen LogP contribution in [0.25, 0.3) is 10.9 Å². The molecule has 0 unspecified atom stereocenters. The number of carbonyl (C=O) groups excluding carboxylic acids is 1. The van der Waals surface area contributed by atoms with Gasteiger partial charge in [0, 0.05) is 16.7 Å². The molecule has 1 heterocycles. The molecule has 0 aliphatic carbocycles. The lowest BCUT2D eigenvalue weighted by Crippen LogP contribution is -2.23. The molecule has 1 N–H and O–H groups in total. The van der Waals surface area contributed by atoms with Crippen molar-refractivity contribution in [3.8, 4) is 0 Å². The number of benzene rings is 2. The Morgan fingerprint density at radius 2 is 1.83 bits per heavy atom. The van der Waals surface area contributed by atoms with Gasteiger partial charge in [-0.2, -0.15) is 0 Å². The number of carbonyl (C=O) groups is 1. The van der Waals surface area contributed by atoms with Gasteiger partial charge < -0.3 is 5.32 Å². The summed E-state index contributed by atoms with van der Waals surface area (Å²) in [5, 5.41) is 4.19. The fourth-order valence-electron chi connectivity index (χ4n) is 3.27. The normalized spacial score (nSPS) is 11.0. The van der Waals surface area contributed by atoms with Crippen molar-refractivity contribution in [2.45, 2.75) is 45.3 Å². The lowest BCUT2D eigenvalue weighted by molar-refractivity contribution is -0.113. The molecule has 0 saturated carbocycles. The lowest BCUT2D eigenvalue weighted by atomic mass is 10.0. The van der Waals surface area contributed by atoms with Crippen molar-refractivity contribution in [2.24, 2.45) is 0 Å². The average molecular weight is 474 g/mol. The minimum Gasteiger partial charge on any atom is -0.325 e. The second-order valence-corrected chi connectivity index (χ2v) is 8.46. The van der Waals surface area contributed by atoms with Crippen LogP contribution in [0.5, 0.6) is 0 Å². The Labute approximate surface area is 183 Å². The summed E-state index contributed by atoms with van der Waals surface area (Å²) in [4.78, 5) is 30.1. The van der Waals surface area contributed by atoms with Crippen LogP contribution in [0.1, 0.15) is 31.9 Å². The van der Waals surface area contributed by atoms with Crippen molar-refractivity contribution in [2.75, 3.05) is 11.1 Å². The number of hydrogen-bond acceptors (Lipinski definition) is 4. The number of anilines is 1. The van der Waals surface area contributed by atoms with Gasteiger partial charge in [-0.25, -0.2) is 4.98 Å². The summed E-state index contributed by atoms with van der Waals surface area (Å²) < 4.78 is 2.46. The van der Waals surface area contributed by atoms with E-state index in [9.17, 15) is 9.59 Å². The zero-order valence-electron chi connectivity index (χ0n) is 16.8. The molecule has 0 spiro atoms. The van der Waals surface area contributed by atoms with Gasteiger partial charge in [-0.3, -0.25) is 14.2 Å². The second-order valence-electron chi connectivity index (χ2n) is 6.60. The number of halogens is 1. The molecule has 7 heteroatoms. The third-order valence-electron chi connectivity index (χ3n) is 4.79. The largest absolute Gasteiger partial charge is 0.325 e. The van der Waals surface area contributed by atoms with Crippen LogP contribution in [-0.4, -0.2) is 21.2 Å². The highest BCUT2D eigenvalue weighted by molar-refractivity contribution is 9.10. The van der Waals surface area contributed by atoms with Crippen LogP contribution in [0.2, 0.25) is 0 Å². The van der Waals surface area contributed by atoms with E-state index in [2.05, 4.69) is 40.1 Å². The van der Waals surface area contributed by atoms with Crippen LogP contribution in [0.4, 0.5) is 5.69 Å². The number of aromatic nitrogens is 2. The van der Waals surface area contributed by atoms with Gasteiger partial charge in [-0.1, -0.05) is 59.7 Å². The number of aryl methyl sites for hydroxylation is 2. The first kappa shape index (κ1) is 21.6. The van der Waals surface area contributed by atoms with E-state index in [0.717, 1.165) is 34.1 Å². The highest BCUT2D eigenvalue weighted by Gasteiger charge is 2.14. The SMILES string of the molecule is CCc1cccc(CC)c1NC(=O)CSc1nc2ccc(Br)cc2c(=O)n1CC. The molecular formula is C22H24BrN3O2S.